The molecule has 0 atom stereocenters. The van der Waals surface area contributed by atoms with E-state index in [9.17, 15) is 13.2 Å². The summed E-state index contributed by atoms with van der Waals surface area (Å²) in [6.07, 6.45) is 4.44. The summed E-state index contributed by atoms with van der Waals surface area (Å²) >= 11 is 5.81. The van der Waals surface area contributed by atoms with Crippen molar-refractivity contribution in [1.29, 1.82) is 0 Å². The Balaban J connectivity index is 1.82. The molecule has 1 heterocycles. The van der Waals surface area contributed by atoms with Gasteiger partial charge in [0.15, 0.2) is 0 Å². The molecule has 2 rings (SSSR count). The van der Waals surface area contributed by atoms with Crippen molar-refractivity contribution in [2.45, 2.75) is 37.0 Å². The zero-order chi connectivity index (χ0) is 18.3. The molecule has 0 saturated carbocycles. The summed E-state index contributed by atoms with van der Waals surface area (Å²) in [5.41, 5.74) is 5.45. The first-order chi connectivity index (χ1) is 11.9. The molecule has 25 heavy (non-hydrogen) atoms. The van der Waals surface area contributed by atoms with Gasteiger partial charge in [0, 0.05) is 37.6 Å². The van der Waals surface area contributed by atoms with Gasteiger partial charge in [0.2, 0.25) is 15.9 Å². The first-order valence-electron chi connectivity index (χ1n) is 8.68. The number of piperazine rings is 1. The minimum atomic E-state index is -3.53. The molecule has 0 radical (unpaired) electrons. The third kappa shape index (κ3) is 5.67. The van der Waals surface area contributed by atoms with Crippen LogP contribution in [0.2, 0.25) is 5.02 Å². The van der Waals surface area contributed by atoms with Gasteiger partial charge in [0.1, 0.15) is 0 Å². The van der Waals surface area contributed by atoms with E-state index >= 15 is 0 Å². The van der Waals surface area contributed by atoms with Crippen molar-refractivity contribution in [2.75, 3.05) is 32.7 Å². The van der Waals surface area contributed by atoms with Crippen molar-refractivity contribution >= 4 is 27.5 Å². The lowest BCUT2D eigenvalue weighted by atomic mass is 10.1. The minimum Gasteiger partial charge on any atom is -0.340 e. The second kappa shape index (κ2) is 9.52. The molecule has 2 N–H and O–H groups in total. The average molecular weight is 388 g/mol. The Hall–Kier alpha value is -1.15. The highest BCUT2D eigenvalue weighted by molar-refractivity contribution is 7.89. The number of carbonyl (C=O) groups is 1. The van der Waals surface area contributed by atoms with Crippen LogP contribution in [0.5, 0.6) is 0 Å². The molecule has 1 aromatic rings. The Kier molecular flexibility index (Phi) is 7.68. The van der Waals surface area contributed by atoms with Gasteiger partial charge in [-0.2, -0.15) is 4.31 Å². The first-order valence-corrected chi connectivity index (χ1v) is 10.5. The van der Waals surface area contributed by atoms with E-state index in [2.05, 4.69) is 0 Å². The van der Waals surface area contributed by atoms with Gasteiger partial charge < -0.3 is 10.6 Å². The zero-order valence-corrected chi connectivity index (χ0v) is 15.9. The van der Waals surface area contributed by atoms with Crippen LogP contribution in [-0.4, -0.2) is 56.3 Å². The topological polar surface area (TPSA) is 83.7 Å². The Morgan fingerprint density at radius 3 is 2.20 bits per heavy atom. The number of rotatable bonds is 8. The zero-order valence-electron chi connectivity index (χ0n) is 14.4. The van der Waals surface area contributed by atoms with Gasteiger partial charge in [-0.15, -0.1) is 0 Å². The molecule has 0 aromatic heterocycles. The third-order valence-corrected chi connectivity index (χ3v) is 6.55. The molecule has 1 aliphatic heterocycles. The summed E-state index contributed by atoms with van der Waals surface area (Å²) in [6.45, 7) is 2.22. The molecule has 1 amide bonds. The van der Waals surface area contributed by atoms with E-state index in [-0.39, 0.29) is 10.8 Å². The fourth-order valence-corrected chi connectivity index (χ4v) is 4.41. The predicted molar refractivity (Wildman–Crippen MR) is 98.9 cm³/mol. The van der Waals surface area contributed by atoms with E-state index in [1.54, 1.807) is 17.0 Å². The van der Waals surface area contributed by atoms with Crippen LogP contribution < -0.4 is 5.73 Å². The van der Waals surface area contributed by atoms with Crippen LogP contribution in [0.3, 0.4) is 0 Å². The molecule has 1 aromatic carbocycles. The molecule has 6 nitrogen and oxygen atoms in total. The number of hydrogen-bond acceptors (Lipinski definition) is 4. The van der Waals surface area contributed by atoms with Crippen LogP contribution in [0, 0.1) is 0 Å². The van der Waals surface area contributed by atoms with E-state index < -0.39 is 10.0 Å². The summed E-state index contributed by atoms with van der Waals surface area (Å²) in [6, 6.07) is 6.16. The largest absolute Gasteiger partial charge is 0.340 e. The van der Waals surface area contributed by atoms with Gasteiger partial charge in [-0.3, -0.25) is 4.79 Å². The Morgan fingerprint density at radius 1 is 1.00 bits per heavy atom. The smallest absolute Gasteiger partial charge is 0.243 e. The number of halogens is 1. The van der Waals surface area contributed by atoms with Crippen molar-refractivity contribution < 1.29 is 13.2 Å². The minimum absolute atomic E-state index is 0.108. The monoisotopic (exact) mass is 387 g/mol. The molecule has 1 saturated heterocycles. The predicted octanol–water partition coefficient (Wildman–Crippen LogP) is 2.08. The normalized spacial score (nSPS) is 16.2. The van der Waals surface area contributed by atoms with E-state index in [1.165, 1.54) is 16.4 Å². The van der Waals surface area contributed by atoms with Crippen LogP contribution in [0.4, 0.5) is 0 Å². The quantitative estimate of drug-likeness (QED) is 0.692. The van der Waals surface area contributed by atoms with Crippen LogP contribution in [0.1, 0.15) is 32.1 Å². The number of amides is 1. The van der Waals surface area contributed by atoms with Gasteiger partial charge in [-0.05, 0) is 43.7 Å². The fourth-order valence-electron chi connectivity index (χ4n) is 2.87. The fraction of sp³-hybridized carbons (Fsp3) is 0.588. The summed E-state index contributed by atoms with van der Waals surface area (Å²) in [5.74, 6) is 0.108. The standard InChI is InChI=1S/C17H26ClN3O3S/c18-15-6-8-16(9-7-15)25(23,24)21-13-11-20(12-14-21)17(22)5-3-1-2-4-10-19/h6-9H,1-5,10-14,19H2. The summed E-state index contributed by atoms with van der Waals surface area (Å²) in [7, 11) is -3.53. The van der Waals surface area contributed by atoms with Gasteiger partial charge in [0.25, 0.3) is 0 Å². The van der Waals surface area contributed by atoms with Crippen molar-refractivity contribution in [3.8, 4) is 0 Å². The van der Waals surface area contributed by atoms with E-state index in [1.807, 2.05) is 0 Å². The van der Waals surface area contributed by atoms with Crippen molar-refractivity contribution in [3.05, 3.63) is 29.3 Å². The van der Waals surface area contributed by atoms with Crippen molar-refractivity contribution in [1.82, 2.24) is 9.21 Å². The highest BCUT2D eigenvalue weighted by Crippen LogP contribution is 2.20. The number of benzene rings is 1. The number of hydrogen-bond donors (Lipinski definition) is 1. The number of unbranched alkanes of at least 4 members (excludes halogenated alkanes) is 3. The van der Waals surface area contributed by atoms with E-state index in [4.69, 9.17) is 17.3 Å². The molecule has 0 bridgehead atoms. The summed E-state index contributed by atoms with van der Waals surface area (Å²) in [4.78, 5) is 14.2. The highest BCUT2D eigenvalue weighted by Gasteiger charge is 2.29. The van der Waals surface area contributed by atoms with Gasteiger partial charge >= 0.3 is 0 Å². The Morgan fingerprint density at radius 2 is 1.60 bits per heavy atom. The molecule has 1 aliphatic rings. The lowest BCUT2D eigenvalue weighted by molar-refractivity contribution is -0.132. The SMILES string of the molecule is NCCCCCCC(=O)N1CCN(S(=O)(=O)c2ccc(Cl)cc2)CC1. The van der Waals surface area contributed by atoms with Crippen molar-refractivity contribution in [2.24, 2.45) is 5.73 Å². The molecule has 140 valence electrons. The van der Waals surface area contributed by atoms with E-state index in [0.717, 1.165) is 25.7 Å². The number of carbonyl (C=O) groups excluding carboxylic acids is 1. The molecule has 0 unspecified atom stereocenters. The highest BCUT2D eigenvalue weighted by atomic mass is 35.5. The molecule has 0 aliphatic carbocycles. The van der Waals surface area contributed by atoms with Crippen LogP contribution in [0.15, 0.2) is 29.2 Å². The molecule has 0 spiro atoms. The molecule has 1 fully saturated rings. The van der Waals surface area contributed by atoms with Gasteiger partial charge in [0.05, 0.1) is 4.90 Å². The van der Waals surface area contributed by atoms with Crippen LogP contribution >= 0.6 is 11.6 Å². The maximum atomic E-state index is 12.6. The Labute approximate surface area is 155 Å². The average Bonchev–Trinajstić information content (AvgIpc) is 2.62. The first kappa shape index (κ1) is 20.2. The number of nitrogens with two attached hydrogens (primary N) is 1. The van der Waals surface area contributed by atoms with Crippen LogP contribution in [0.25, 0.3) is 0 Å². The molecular weight excluding hydrogens is 362 g/mol. The van der Waals surface area contributed by atoms with Gasteiger partial charge in [-0.25, -0.2) is 8.42 Å². The maximum absolute atomic E-state index is 12.6. The van der Waals surface area contributed by atoms with Gasteiger partial charge in [-0.1, -0.05) is 24.4 Å². The summed E-state index contributed by atoms with van der Waals surface area (Å²) in [5, 5.41) is 0.501. The second-order valence-corrected chi connectivity index (χ2v) is 8.57. The second-order valence-electron chi connectivity index (χ2n) is 6.19. The van der Waals surface area contributed by atoms with E-state index in [0.29, 0.717) is 44.2 Å². The lowest BCUT2D eigenvalue weighted by Crippen LogP contribution is -2.50. The van der Waals surface area contributed by atoms with Crippen LogP contribution in [-0.2, 0) is 14.8 Å². The molecular formula is C17H26ClN3O3S. The van der Waals surface area contributed by atoms with Crippen molar-refractivity contribution in [3.63, 3.8) is 0 Å². The summed E-state index contributed by atoms with van der Waals surface area (Å²) < 4.78 is 26.7. The third-order valence-electron chi connectivity index (χ3n) is 4.39. The Bertz CT molecular complexity index is 656. The molecule has 8 heteroatoms. The maximum Gasteiger partial charge on any atom is 0.243 e. The number of sulfonamides is 1. The number of nitrogens with zero attached hydrogens (tertiary/aromatic N) is 2. The lowest BCUT2D eigenvalue weighted by Gasteiger charge is -2.34.